The number of hydrogen-bond donors (Lipinski definition) is 2. The molecule has 0 aliphatic carbocycles. The zero-order valence-electron chi connectivity index (χ0n) is 7.44. The van der Waals surface area contributed by atoms with Crippen LogP contribution in [0.4, 0.5) is 0 Å². The largest absolute Gasteiger partial charge is 0.392 e. The Bertz CT molecular complexity index is 282. The average Bonchev–Trinajstić information content (AvgIpc) is 2.56. The van der Waals surface area contributed by atoms with Crippen LogP contribution in [0.15, 0.2) is 0 Å². The number of rotatable bonds is 1. The quantitative estimate of drug-likeness (QED) is 0.576. The van der Waals surface area contributed by atoms with Crippen molar-refractivity contribution >= 4 is 9.84 Å². The molecule has 0 amide bonds. The summed E-state index contributed by atoms with van der Waals surface area (Å²) in [4.78, 5) is 0. The van der Waals surface area contributed by atoms with E-state index in [1.807, 2.05) is 0 Å². The minimum absolute atomic E-state index is 0.0278. The molecule has 2 heterocycles. The van der Waals surface area contributed by atoms with E-state index in [1.165, 1.54) is 0 Å². The summed E-state index contributed by atoms with van der Waals surface area (Å²) in [5.74, 6) is 0.474. The van der Waals surface area contributed by atoms with Gasteiger partial charge in [-0.15, -0.1) is 0 Å². The smallest absolute Gasteiger partial charge is 0.153 e. The van der Waals surface area contributed by atoms with E-state index >= 15 is 0 Å². The van der Waals surface area contributed by atoms with Crippen molar-refractivity contribution < 1.29 is 13.5 Å². The van der Waals surface area contributed by atoms with Gasteiger partial charge in [-0.05, 0) is 25.4 Å². The van der Waals surface area contributed by atoms with E-state index in [0.717, 1.165) is 19.5 Å². The van der Waals surface area contributed by atoms with Crippen molar-refractivity contribution in [3.8, 4) is 0 Å². The predicted molar refractivity (Wildman–Crippen MR) is 49.1 cm³/mol. The monoisotopic (exact) mass is 205 g/mol. The summed E-state index contributed by atoms with van der Waals surface area (Å²) < 4.78 is 22.5. The van der Waals surface area contributed by atoms with Crippen molar-refractivity contribution in [3.63, 3.8) is 0 Å². The van der Waals surface area contributed by atoms with Gasteiger partial charge in [0.2, 0.25) is 0 Å². The Morgan fingerprint density at radius 2 is 2.08 bits per heavy atom. The van der Waals surface area contributed by atoms with Gasteiger partial charge in [0.05, 0.1) is 17.6 Å². The van der Waals surface area contributed by atoms with Gasteiger partial charge in [0.1, 0.15) is 0 Å². The molecule has 2 N–H and O–H groups in total. The molecule has 0 aromatic rings. The molecule has 13 heavy (non-hydrogen) atoms. The molecule has 2 rings (SSSR count). The number of aliphatic hydroxyl groups excluding tert-OH is 1. The molecule has 3 atom stereocenters. The fourth-order valence-electron chi connectivity index (χ4n) is 2.35. The minimum Gasteiger partial charge on any atom is -0.392 e. The SMILES string of the molecule is O=S1(=O)CC(O)C(C2CCNC2)C1. The Labute approximate surface area is 78.3 Å². The first kappa shape index (κ1) is 9.43. The third kappa shape index (κ3) is 1.87. The Kier molecular flexibility index (Phi) is 2.33. The van der Waals surface area contributed by atoms with E-state index in [9.17, 15) is 13.5 Å². The summed E-state index contributed by atoms with van der Waals surface area (Å²) in [5, 5.41) is 12.8. The highest BCUT2D eigenvalue weighted by atomic mass is 32.2. The second kappa shape index (κ2) is 3.22. The van der Waals surface area contributed by atoms with Crippen molar-refractivity contribution in [2.75, 3.05) is 24.6 Å². The number of nitrogens with one attached hydrogen (secondary N) is 1. The van der Waals surface area contributed by atoms with Crippen molar-refractivity contribution in [2.45, 2.75) is 12.5 Å². The molecule has 0 saturated carbocycles. The third-order valence-electron chi connectivity index (χ3n) is 3.07. The first-order valence-corrected chi connectivity index (χ1v) is 6.50. The van der Waals surface area contributed by atoms with E-state index in [-0.39, 0.29) is 17.4 Å². The Morgan fingerprint density at radius 1 is 1.31 bits per heavy atom. The van der Waals surface area contributed by atoms with Crippen LogP contribution >= 0.6 is 0 Å². The summed E-state index contributed by atoms with van der Waals surface area (Å²) in [6.45, 7) is 1.81. The van der Waals surface area contributed by atoms with Crippen molar-refractivity contribution in [1.29, 1.82) is 0 Å². The molecule has 0 spiro atoms. The van der Waals surface area contributed by atoms with Crippen LogP contribution in [0.25, 0.3) is 0 Å². The van der Waals surface area contributed by atoms with Gasteiger partial charge >= 0.3 is 0 Å². The highest BCUT2D eigenvalue weighted by Crippen LogP contribution is 2.29. The molecule has 3 unspecified atom stereocenters. The maximum atomic E-state index is 11.2. The van der Waals surface area contributed by atoms with Crippen LogP contribution in [-0.4, -0.2) is 44.2 Å². The van der Waals surface area contributed by atoms with E-state index in [1.54, 1.807) is 0 Å². The Hall–Kier alpha value is -0.130. The molecular formula is C8H15NO3S. The predicted octanol–water partition coefficient (Wildman–Crippen LogP) is -0.999. The van der Waals surface area contributed by atoms with Gasteiger partial charge in [-0.25, -0.2) is 8.42 Å². The molecule has 76 valence electrons. The lowest BCUT2D eigenvalue weighted by atomic mass is 9.89. The molecule has 2 aliphatic rings. The van der Waals surface area contributed by atoms with Crippen LogP contribution in [-0.2, 0) is 9.84 Å². The molecule has 2 aliphatic heterocycles. The van der Waals surface area contributed by atoms with Crippen molar-refractivity contribution in [1.82, 2.24) is 5.32 Å². The summed E-state index contributed by atoms with van der Waals surface area (Å²) in [5.41, 5.74) is 0. The molecule has 0 aromatic carbocycles. The Balaban J connectivity index is 2.08. The van der Waals surface area contributed by atoms with Crippen LogP contribution in [0.2, 0.25) is 0 Å². The van der Waals surface area contributed by atoms with Crippen LogP contribution in [0.1, 0.15) is 6.42 Å². The molecule has 2 fully saturated rings. The molecule has 5 heteroatoms. The number of sulfone groups is 1. The van der Waals surface area contributed by atoms with Crippen LogP contribution in [0.3, 0.4) is 0 Å². The van der Waals surface area contributed by atoms with Gasteiger partial charge in [-0.3, -0.25) is 0 Å². The summed E-state index contributed by atoms with van der Waals surface area (Å²) in [7, 11) is -2.96. The highest BCUT2D eigenvalue weighted by Gasteiger charge is 2.41. The van der Waals surface area contributed by atoms with Gasteiger partial charge in [-0.2, -0.15) is 0 Å². The topological polar surface area (TPSA) is 66.4 Å². The van der Waals surface area contributed by atoms with Crippen LogP contribution in [0, 0.1) is 11.8 Å². The lowest BCUT2D eigenvalue weighted by molar-refractivity contribution is 0.119. The molecule has 0 bridgehead atoms. The van der Waals surface area contributed by atoms with Gasteiger partial charge in [-0.1, -0.05) is 0 Å². The van der Waals surface area contributed by atoms with Crippen LogP contribution in [0.5, 0.6) is 0 Å². The van der Waals surface area contributed by atoms with E-state index < -0.39 is 15.9 Å². The highest BCUT2D eigenvalue weighted by molar-refractivity contribution is 7.91. The maximum absolute atomic E-state index is 11.2. The molecule has 0 radical (unpaired) electrons. The summed E-state index contributed by atoms with van der Waals surface area (Å²) >= 11 is 0. The molecular weight excluding hydrogens is 190 g/mol. The average molecular weight is 205 g/mol. The van der Waals surface area contributed by atoms with Crippen molar-refractivity contribution in [2.24, 2.45) is 11.8 Å². The van der Waals surface area contributed by atoms with E-state index in [0.29, 0.717) is 5.92 Å². The third-order valence-corrected chi connectivity index (χ3v) is 4.81. The van der Waals surface area contributed by atoms with Gasteiger partial charge in [0, 0.05) is 5.92 Å². The van der Waals surface area contributed by atoms with E-state index in [4.69, 9.17) is 0 Å². The first-order chi connectivity index (χ1) is 6.08. The second-order valence-corrected chi connectivity index (χ2v) is 6.21. The minimum atomic E-state index is -2.96. The fourth-order valence-corrected chi connectivity index (χ4v) is 4.33. The standard InChI is InChI=1S/C8H15NO3S/c10-8-5-13(11,12)4-7(8)6-1-2-9-3-6/h6-10H,1-5H2. The Morgan fingerprint density at radius 3 is 2.54 bits per heavy atom. The van der Waals surface area contributed by atoms with Gasteiger partial charge in [0.25, 0.3) is 0 Å². The van der Waals surface area contributed by atoms with E-state index in [2.05, 4.69) is 5.32 Å². The van der Waals surface area contributed by atoms with Gasteiger partial charge < -0.3 is 10.4 Å². The second-order valence-electron chi connectivity index (χ2n) is 4.06. The fraction of sp³-hybridized carbons (Fsp3) is 1.00. The first-order valence-electron chi connectivity index (χ1n) is 4.68. The molecule has 4 nitrogen and oxygen atoms in total. The van der Waals surface area contributed by atoms with Crippen molar-refractivity contribution in [3.05, 3.63) is 0 Å². The molecule has 2 saturated heterocycles. The summed E-state index contributed by atoms with van der Waals surface area (Å²) in [6.07, 6.45) is 0.368. The normalized spacial score (nSPS) is 43.9. The zero-order valence-corrected chi connectivity index (χ0v) is 8.26. The lowest BCUT2D eigenvalue weighted by Crippen LogP contribution is -2.27. The lowest BCUT2D eigenvalue weighted by Gasteiger charge is -2.18. The summed E-state index contributed by atoms with van der Waals surface area (Å²) in [6, 6.07) is 0. The maximum Gasteiger partial charge on any atom is 0.153 e. The molecule has 0 aromatic heterocycles. The zero-order chi connectivity index (χ0) is 9.47. The number of hydrogen-bond acceptors (Lipinski definition) is 4. The van der Waals surface area contributed by atoms with Gasteiger partial charge in [0.15, 0.2) is 9.84 Å². The van der Waals surface area contributed by atoms with Crippen LogP contribution < -0.4 is 5.32 Å². The number of aliphatic hydroxyl groups is 1.